The maximum atomic E-state index is 14.9. The number of hydrogen-bond donors (Lipinski definition) is 1. The fourth-order valence-corrected chi connectivity index (χ4v) is 3.37. The molecule has 2 unspecified atom stereocenters. The molecule has 3 heteroatoms. The molecule has 0 amide bonds. The minimum atomic E-state index is -1.15. The van der Waals surface area contributed by atoms with Gasteiger partial charge in [0.15, 0.2) is 0 Å². The average Bonchev–Trinajstić information content (AvgIpc) is 2.76. The Bertz CT molecular complexity index is 395. The number of nitrogens with one attached hydrogen (secondary N) is 1. The quantitative estimate of drug-likeness (QED) is 0.794. The molecule has 2 fully saturated rings. The van der Waals surface area contributed by atoms with Crippen molar-refractivity contribution in [1.82, 2.24) is 5.32 Å². The molecule has 1 saturated heterocycles. The van der Waals surface area contributed by atoms with Crippen LogP contribution in [0.5, 0.6) is 0 Å². The average molecular weight is 240 g/mol. The molecule has 1 saturated carbocycles. The van der Waals surface area contributed by atoms with Crippen LogP contribution < -0.4 is 5.32 Å². The van der Waals surface area contributed by atoms with Gasteiger partial charge in [-0.05, 0) is 55.5 Å². The van der Waals surface area contributed by atoms with Crippen LogP contribution in [0.1, 0.15) is 18.4 Å². The molecule has 16 heavy (non-hydrogen) atoms. The van der Waals surface area contributed by atoms with E-state index in [0.29, 0.717) is 29.7 Å². The first-order valence-electron chi connectivity index (χ1n) is 5.83. The van der Waals surface area contributed by atoms with E-state index in [4.69, 9.17) is 11.6 Å². The fraction of sp³-hybridized carbons (Fsp3) is 0.538. The number of hydrogen-bond acceptors (Lipinski definition) is 1. The first-order chi connectivity index (χ1) is 7.67. The van der Waals surface area contributed by atoms with Crippen molar-refractivity contribution in [3.05, 3.63) is 34.9 Å². The molecule has 0 aromatic heterocycles. The molecule has 1 heterocycles. The van der Waals surface area contributed by atoms with Gasteiger partial charge in [-0.25, -0.2) is 4.39 Å². The van der Waals surface area contributed by atoms with Crippen molar-refractivity contribution in [3.8, 4) is 0 Å². The van der Waals surface area contributed by atoms with Gasteiger partial charge in [-0.1, -0.05) is 23.7 Å². The molecule has 0 radical (unpaired) electrons. The zero-order valence-electron chi connectivity index (χ0n) is 9.05. The third-order valence-corrected chi connectivity index (χ3v) is 4.23. The highest BCUT2D eigenvalue weighted by Gasteiger charge is 2.48. The van der Waals surface area contributed by atoms with Crippen molar-refractivity contribution in [2.24, 2.45) is 11.8 Å². The molecule has 1 nitrogen and oxygen atoms in total. The molecule has 0 spiro atoms. The largest absolute Gasteiger partial charge is 0.316 e. The van der Waals surface area contributed by atoms with Gasteiger partial charge in [-0.2, -0.15) is 0 Å². The molecule has 3 rings (SSSR count). The van der Waals surface area contributed by atoms with Crippen LogP contribution in [0.25, 0.3) is 0 Å². The second-order valence-electron chi connectivity index (χ2n) is 5.06. The molecular formula is C13H15ClFN. The van der Waals surface area contributed by atoms with Gasteiger partial charge >= 0.3 is 0 Å². The summed E-state index contributed by atoms with van der Waals surface area (Å²) in [4.78, 5) is 0. The van der Waals surface area contributed by atoms with E-state index >= 15 is 0 Å². The standard InChI is InChI=1S/C13H15ClFN/c14-12-3-1-2-11(4-12)13(15)5-9-7-16-8-10(9)6-13/h1-4,9-10,16H,5-8H2. The van der Waals surface area contributed by atoms with Crippen LogP contribution >= 0.6 is 11.6 Å². The van der Waals surface area contributed by atoms with Crippen molar-refractivity contribution in [2.45, 2.75) is 18.5 Å². The Morgan fingerprint density at radius 2 is 1.94 bits per heavy atom. The predicted octanol–water partition coefficient (Wildman–Crippen LogP) is 3.13. The van der Waals surface area contributed by atoms with Crippen molar-refractivity contribution in [3.63, 3.8) is 0 Å². The number of halogens is 2. The molecule has 2 aliphatic rings. The zero-order valence-corrected chi connectivity index (χ0v) is 9.80. The van der Waals surface area contributed by atoms with Crippen molar-refractivity contribution in [2.75, 3.05) is 13.1 Å². The molecule has 86 valence electrons. The van der Waals surface area contributed by atoms with Crippen LogP contribution in [0.3, 0.4) is 0 Å². The lowest BCUT2D eigenvalue weighted by molar-refractivity contribution is 0.161. The monoisotopic (exact) mass is 239 g/mol. The van der Waals surface area contributed by atoms with E-state index in [-0.39, 0.29) is 0 Å². The highest BCUT2D eigenvalue weighted by Crippen LogP contribution is 2.50. The number of rotatable bonds is 1. The van der Waals surface area contributed by atoms with Crippen molar-refractivity contribution in [1.29, 1.82) is 0 Å². The van der Waals surface area contributed by atoms with Crippen LogP contribution in [-0.2, 0) is 5.67 Å². The van der Waals surface area contributed by atoms with Gasteiger partial charge < -0.3 is 5.32 Å². The Morgan fingerprint density at radius 3 is 2.56 bits per heavy atom. The van der Waals surface area contributed by atoms with Crippen LogP contribution in [-0.4, -0.2) is 13.1 Å². The van der Waals surface area contributed by atoms with Gasteiger partial charge in [0.25, 0.3) is 0 Å². The van der Waals surface area contributed by atoms with E-state index in [0.717, 1.165) is 18.7 Å². The van der Waals surface area contributed by atoms with E-state index in [1.165, 1.54) is 0 Å². The second-order valence-corrected chi connectivity index (χ2v) is 5.50. The molecular weight excluding hydrogens is 225 g/mol. The van der Waals surface area contributed by atoms with Crippen molar-refractivity contribution < 1.29 is 4.39 Å². The van der Waals surface area contributed by atoms with Gasteiger partial charge in [0.1, 0.15) is 5.67 Å². The first-order valence-corrected chi connectivity index (χ1v) is 6.21. The molecule has 1 aromatic rings. The molecule has 0 bridgehead atoms. The van der Waals surface area contributed by atoms with E-state index in [1.54, 1.807) is 12.1 Å². The molecule has 1 aliphatic carbocycles. The van der Waals surface area contributed by atoms with Crippen molar-refractivity contribution >= 4 is 11.6 Å². The van der Waals surface area contributed by atoms with Crippen LogP contribution in [0.4, 0.5) is 4.39 Å². The zero-order chi connectivity index (χ0) is 11.2. The third-order valence-electron chi connectivity index (χ3n) is 3.99. The summed E-state index contributed by atoms with van der Waals surface area (Å²) < 4.78 is 14.9. The smallest absolute Gasteiger partial charge is 0.136 e. The summed E-state index contributed by atoms with van der Waals surface area (Å²) in [6.07, 6.45) is 1.29. The minimum absolute atomic E-state index is 0.504. The molecule has 1 N–H and O–H groups in total. The van der Waals surface area contributed by atoms with Crippen LogP contribution in [0, 0.1) is 11.8 Å². The Hall–Kier alpha value is -0.600. The van der Waals surface area contributed by atoms with Gasteiger partial charge in [0, 0.05) is 5.02 Å². The summed E-state index contributed by atoms with van der Waals surface area (Å²) in [5.74, 6) is 1.01. The summed E-state index contributed by atoms with van der Waals surface area (Å²) in [6.45, 7) is 1.94. The van der Waals surface area contributed by atoms with Gasteiger partial charge in [0.2, 0.25) is 0 Å². The van der Waals surface area contributed by atoms with E-state index in [9.17, 15) is 4.39 Å². The maximum absolute atomic E-state index is 14.9. The predicted molar refractivity (Wildman–Crippen MR) is 63.3 cm³/mol. The summed E-state index contributed by atoms with van der Waals surface area (Å²) in [6, 6.07) is 7.27. The summed E-state index contributed by atoms with van der Waals surface area (Å²) >= 11 is 5.93. The Kier molecular flexibility index (Phi) is 2.45. The van der Waals surface area contributed by atoms with Crippen LogP contribution in [0.2, 0.25) is 5.02 Å². The molecule has 1 aromatic carbocycles. The Labute approximate surface area is 100.0 Å². The lowest BCUT2D eigenvalue weighted by atomic mass is 9.92. The van der Waals surface area contributed by atoms with Gasteiger partial charge in [-0.15, -0.1) is 0 Å². The topological polar surface area (TPSA) is 12.0 Å². The third kappa shape index (κ3) is 1.64. The van der Waals surface area contributed by atoms with Gasteiger partial charge in [-0.3, -0.25) is 0 Å². The normalized spacial score (nSPS) is 37.6. The number of benzene rings is 1. The highest BCUT2D eigenvalue weighted by molar-refractivity contribution is 6.30. The number of alkyl halides is 1. The van der Waals surface area contributed by atoms with E-state index in [2.05, 4.69) is 5.32 Å². The first kappa shape index (κ1) is 10.5. The number of fused-ring (bicyclic) bond motifs is 1. The van der Waals surface area contributed by atoms with Crippen LogP contribution in [0.15, 0.2) is 24.3 Å². The Morgan fingerprint density at radius 1 is 1.25 bits per heavy atom. The second kappa shape index (κ2) is 3.71. The lowest BCUT2D eigenvalue weighted by Crippen LogP contribution is -2.21. The molecule has 1 aliphatic heterocycles. The highest BCUT2D eigenvalue weighted by atomic mass is 35.5. The summed E-state index contributed by atoms with van der Waals surface area (Å²) in [7, 11) is 0. The maximum Gasteiger partial charge on any atom is 0.136 e. The molecule has 2 atom stereocenters. The Balaban J connectivity index is 1.89. The summed E-state index contributed by atoms with van der Waals surface area (Å²) in [5.41, 5.74) is -0.392. The minimum Gasteiger partial charge on any atom is -0.316 e. The fourth-order valence-electron chi connectivity index (χ4n) is 3.18. The summed E-state index contributed by atoms with van der Waals surface area (Å²) in [5, 5.41) is 3.96. The van der Waals surface area contributed by atoms with Gasteiger partial charge in [0.05, 0.1) is 0 Å². The SMILES string of the molecule is FC1(c2cccc(Cl)c2)CC2CNCC2C1. The lowest BCUT2D eigenvalue weighted by Gasteiger charge is -2.21. The van der Waals surface area contributed by atoms with E-state index < -0.39 is 5.67 Å². The van der Waals surface area contributed by atoms with E-state index in [1.807, 2.05) is 12.1 Å².